The molecule has 0 saturated heterocycles. The number of fused-ring (bicyclic) bond motifs is 1. The number of hydrogen-bond donors (Lipinski definition) is 1. The first kappa shape index (κ1) is 22.9. The van der Waals surface area contributed by atoms with Gasteiger partial charge in [0, 0.05) is 11.6 Å². The van der Waals surface area contributed by atoms with E-state index in [1.54, 1.807) is 55.5 Å². The van der Waals surface area contributed by atoms with Crippen molar-refractivity contribution in [3.63, 3.8) is 0 Å². The number of benzene rings is 3. The Kier molecular flexibility index (Phi) is 6.76. The predicted octanol–water partition coefficient (Wildman–Crippen LogP) is 5.29. The second kappa shape index (κ2) is 9.72. The normalized spacial score (nSPS) is 12.0. The molecule has 0 aliphatic rings. The molecule has 9 heteroatoms. The number of carbonyl (C=O) groups is 1. The Morgan fingerprint density at radius 2 is 1.85 bits per heavy atom. The first-order valence-electron chi connectivity index (χ1n) is 9.99. The number of para-hydroxylation sites is 2. The highest BCUT2D eigenvalue weighted by atomic mass is 35.5. The van der Waals surface area contributed by atoms with Gasteiger partial charge in [0.2, 0.25) is 5.91 Å². The Labute approximate surface area is 197 Å². The van der Waals surface area contributed by atoms with Gasteiger partial charge < -0.3 is 5.32 Å². The van der Waals surface area contributed by atoms with Crippen molar-refractivity contribution < 1.29 is 13.6 Å². The molecule has 1 aromatic heterocycles. The Morgan fingerprint density at radius 1 is 1.12 bits per heavy atom. The van der Waals surface area contributed by atoms with E-state index in [9.17, 15) is 18.4 Å². The molecule has 1 amide bonds. The number of nitrogens with zero attached hydrogens (tertiary/aromatic N) is 2. The quantitative estimate of drug-likeness (QED) is 0.298. The number of nitrogens with one attached hydrogen (secondary N) is 1. The average molecular weight is 486 g/mol. The van der Waals surface area contributed by atoms with E-state index in [-0.39, 0.29) is 16.9 Å². The molecule has 4 rings (SSSR count). The van der Waals surface area contributed by atoms with Gasteiger partial charge in [-0.2, -0.15) is 0 Å². The fourth-order valence-corrected chi connectivity index (χ4v) is 4.44. The molecule has 0 aliphatic heterocycles. The van der Waals surface area contributed by atoms with Crippen molar-refractivity contribution in [2.24, 2.45) is 0 Å². The van der Waals surface area contributed by atoms with Crippen molar-refractivity contribution in [2.75, 3.05) is 5.75 Å². The van der Waals surface area contributed by atoms with E-state index in [0.717, 1.165) is 23.9 Å². The Morgan fingerprint density at radius 3 is 2.61 bits per heavy atom. The summed E-state index contributed by atoms with van der Waals surface area (Å²) in [6.45, 7) is 1.60. The van der Waals surface area contributed by atoms with Crippen LogP contribution in [0.1, 0.15) is 18.5 Å². The third-order valence-corrected chi connectivity index (χ3v) is 6.24. The van der Waals surface area contributed by atoms with E-state index in [1.165, 1.54) is 10.6 Å². The molecule has 1 heterocycles. The molecule has 1 unspecified atom stereocenters. The summed E-state index contributed by atoms with van der Waals surface area (Å²) in [6, 6.07) is 16.3. The number of halogens is 3. The van der Waals surface area contributed by atoms with Gasteiger partial charge in [-0.15, -0.1) is 0 Å². The van der Waals surface area contributed by atoms with E-state index in [0.29, 0.717) is 26.8 Å². The van der Waals surface area contributed by atoms with Crippen LogP contribution in [-0.4, -0.2) is 21.2 Å². The molecular weight excluding hydrogens is 468 g/mol. The van der Waals surface area contributed by atoms with Gasteiger partial charge in [-0.1, -0.05) is 53.7 Å². The Hall–Kier alpha value is -3.23. The number of rotatable bonds is 6. The van der Waals surface area contributed by atoms with Gasteiger partial charge in [0.05, 0.1) is 33.4 Å². The third-order valence-electron chi connectivity index (χ3n) is 4.98. The summed E-state index contributed by atoms with van der Waals surface area (Å²) in [5.41, 5.74) is 0.812. The van der Waals surface area contributed by atoms with Gasteiger partial charge in [-0.05, 0) is 37.3 Å². The average Bonchev–Trinajstić information content (AvgIpc) is 2.78. The zero-order valence-corrected chi connectivity index (χ0v) is 19.0. The van der Waals surface area contributed by atoms with Crippen molar-refractivity contribution in [3.05, 3.63) is 99.3 Å². The zero-order valence-electron chi connectivity index (χ0n) is 17.4. The van der Waals surface area contributed by atoms with Gasteiger partial charge in [0.25, 0.3) is 5.56 Å². The standard InChI is InChI=1S/C24H18ClF2N3O2S/c1-14(16-11-10-15(26)12-19(16)27)28-22(31)13-33-24-29-20-8-4-2-6-17(20)23(32)30(24)21-9-5-3-7-18(21)25/h2-12,14H,13H2,1H3,(H,28,31). The van der Waals surface area contributed by atoms with Crippen LogP contribution in [0.3, 0.4) is 0 Å². The van der Waals surface area contributed by atoms with Gasteiger partial charge in [0.1, 0.15) is 11.6 Å². The summed E-state index contributed by atoms with van der Waals surface area (Å²) in [7, 11) is 0. The van der Waals surface area contributed by atoms with Gasteiger partial charge in [0.15, 0.2) is 5.16 Å². The van der Waals surface area contributed by atoms with E-state index in [4.69, 9.17) is 11.6 Å². The summed E-state index contributed by atoms with van der Waals surface area (Å²) in [5.74, 6) is -1.91. The maximum absolute atomic E-state index is 14.0. The molecule has 1 N–H and O–H groups in total. The molecule has 0 bridgehead atoms. The lowest BCUT2D eigenvalue weighted by atomic mass is 10.1. The predicted molar refractivity (Wildman–Crippen MR) is 126 cm³/mol. The summed E-state index contributed by atoms with van der Waals surface area (Å²) in [4.78, 5) is 30.4. The van der Waals surface area contributed by atoms with E-state index in [1.807, 2.05) is 0 Å². The lowest BCUT2D eigenvalue weighted by Crippen LogP contribution is -2.29. The number of thioether (sulfide) groups is 1. The largest absolute Gasteiger partial charge is 0.349 e. The van der Waals surface area contributed by atoms with E-state index in [2.05, 4.69) is 10.3 Å². The van der Waals surface area contributed by atoms with Crippen LogP contribution in [-0.2, 0) is 4.79 Å². The van der Waals surface area contributed by atoms with Crippen molar-refractivity contribution in [1.82, 2.24) is 14.9 Å². The fraction of sp³-hybridized carbons (Fsp3) is 0.125. The molecule has 0 spiro atoms. The smallest absolute Gasteiger partial charge is 0.266 e. The van der Waals surface area contributed by atoms with Crippen molar-refractivity contribution in [2.45, 2.75) is 18.1 Å². The summed E-state index contributed by atoms with van der Waals surface area (Å²) < 4.78 is 28.6. The lowest BCUT2D eigenvalue weighted by Gasteiger charge is -2.16. The minimum absolute atomic E-state index is 0.0810. The van der Waals surface area contributed by atoms with E-state index >= 15 is 0 Å². The number of aromatic nitrogens is 2. The van der Waals surface area contributed by atoms with Crippen LogP contribution >= 0.6 is 23.4 Å². The number of hydrogen-bond acceptors (Lipinski definition) is 4. The van der Waals surface area contributed by atoms with Gasteiger partial charge >= 0.3 is 0 Å². The first-order chi connectivity index (χ1) is 15.8. The van der Waals surface area contributed by atoms with Crippen LogP contribution in [0.2, 0.25) is 5.02 Å². The second-order valence-electron chi connectivity index (χ2n) is 7.25. The second-order valence-corrected chi connectivity index (χ2v) is 8.60. The highest BCUT2D eigenvalue weighted by molar-refractivity contribution is 7.99. The molecule has 0 aliphatic carbocycles. The van der Waals surface area contributed by atoms with Crippen LogP contribution in [0, 0.1) is 11.6 Å². The summed E-state index contributed by atoms with van der Waals surface area (Å²) in [5, 5.41) is 3.77. The van der Waals surface area contributed by atoms with Crippen LogP contribution in [0.5, 0.6) is 0 Å². The van der Waals surface area contributed by atoms with E-state index < -0.39 is 23.6 Å². The van der Waals surface area contributed by atoms with Crippen molar-refractivity contribution >= 4 is 40.2 Å². The number of amides is 1. The monoisotopic (exact) mass is 485 g/mol. The molecule has 33 heavy (non-hydrogen) atoms. The third kappa shape index (κ3) is 4.91. The molecule has 5 nitrogen and oxygen atoms in total. The minimum Gasteiger partial charge on any atom is -0.349 e. The van der Waals surface area contributed by atoms with Gasteiger partial charge in [-0.3, -0.25) is 14.2 Å². The molecular formula is C24H18ClF2N3O2S. The van der Waals surface area contributed by atoms with Crippen LogP contribution < -0.4 is 10.9 Å². The molecule has 3 aromatic carbocycles. The van der Waals surface area contributed by atoms with Crippen LogP contribution in [0.4, 0.5) is 8.78 Å². The first-order valence-corrected chi connectivity index (χ1v) is 11.4. The Balaban J connectivity index is 1.62. The van der Waals surface area contributed by atoms with Crippen LogP contribution in [0.25, 0.3) is 16.6 Å². The summed E-state index contributed by atoms with van der Waals surface area (Å²) in [6.07, 6.45) is 0. The number of carbonyl (C=O) groups excluding carboxylic acids is 1. The highest BCUT2D eigenvalue weighted by Gasteiger charge is 2.18. The molecule has 168 valence electrons. The van der Waals surface area contributed by atoms with Crippen molar-refractivity contribution in [3.8, 4) is 5.69 Å². The maximum atomic E-state index is 14.0. The minimum atomic E-state index is -0.737. The van der Waals surface area contributed by atoms with Crippen LogP contribution in [0.15, 0.2) is 76.7 Å². The summed E-state index contributed by atoms with van der Waals surface area (Å²) >= 11 is 7.40. The molecule has 0 saturated carbocycles. The lowest BCUT2D eigenvalue weighted by molar-refractivity contribution is -0.119. The zero-order chi connectivity index (χ0) is 23.5. The molecule has 0 radical (unpaired) electrons. The Bertz CT molecular complexity index is 1410. The highest BCUT2D eigenvalue weighted by Crippen LogP contribution is 2.26. The topological polar surface area (TPSA) is 64.0 Å². The van der Waals surface area contributed by atoms with Crippen molar-refractivity contribution in [1.29, 1.82) is 0 Å². The maximum Gasteiger partial charge on any atom is 0.266 e. The SMILES string of the molecule is CC(NC(=O)CSc1nc2ccccc2c(=O)n1-c1ccccc1Cl)c1ccc(F)cc1F. The molecule has 0 fully saturated rings. The van der Waals surface area contributed by atoms with Gasteiger partial charge in [-0.25, -0.2) is 13.8 Å². The molecule has 1 atom stereocenters. The molecule has 4 aromatic rings. The fourth-order valence-electron chi connectivity index (χ4n) is 3.40.